The molecule has 39 heteroatoms. The second-order valence-electron chi connectivity index (χ2n) is 5.82. The number of hydrogen-bond donors (Lipinski definition) is 0. The highest BCUT2D eigenvalue weighted by atomic mass is 30.1. The summed E-state index contributed by atoms with van der Waals surface area (Å²) in [5.74, 6) is 0. The van der Waals surface area contributed by atoms with Gasteiger partial charge in [-0.15, -0.1) is 0 Å². The molecule has 0 bridgehead atoms. The van der Waals surface area contributed by atoms with Gasteiger partial charge in [-0.2, -0.15) is 0 Å². The minimum Gasteiger partial charge on any atom is -0.522 e. The molecule has 0 heterocycles. The topological polar surface area (TPSA) is 334 Å². The van der Waals surface area contributed by atoms with E-state index in [2.05, 4.69) is 4.12 Å². The summed E-state index contributed by atoms with van der Waals surface area (Å²) >= 11 is 0. The Morgan fingerprint density at radius 1 is 0.282 bits per heavy atom. The van der Waals surface area contributed by atoms with Crippen LogP contribution in [0.1, 0.15) is 0 Å². The maximum absolute atomic E-state index is 12.1. The first-order chi connectivity index (χ1) is 17.9. The zero-order valence-electron chi connectivity index (χ0n) is 17.7. The van der Waals surface area contributed by atoms with Gasteiger partial charge in [0.1, 0.15) is 0 Å². The Morgan fingerprint density at radius 3 is 0.667 bits per heavy atom. The van der Waals surface area contributed by atoms with E-state index in [0.717, 1.165) is 0 Å². The van der Waals surface area contributed by atoms with Gasteiger partial charge in [-0.1, -0.05) is 0 Å². The molecule has 0 aliphatic carbocycles. The summed E-state index contributed by atoms with van der Waals surface area (Å²) in [6.07, 6.45) is 0. The quantitative estimate of drug-likeness (QED) is 0.109. The maximum atomic E-state index is 12.1. The lowest BCUT2D eigenvalue weighted by Gasteiger charge is -1.96. The van der Waals surface area contributed by atoms with E-state index in [1.807, 2.05) is 0 Å². The monoisotopic (exact) mass is 851 g/mol. The summed E-state index contributed by atoms with van der Waals surface area (Å²) in [5.41, 5.74) is 0. The standard InChI is InChI=1S/O20Si19/c1-21-25(5)29(9)33(13)37(17)35(15)31(11)27(7)23(3)20-24(4)28(8)32(12)36(16)39(19)38(18)34(14)30(10)26(6)22-2. The van der Waals surface area contributed by atoms with Crippen molar-refractivity contribution in [1.82, 2.24) is 0 Å². The van der Waals surface area contributed by atoms with Crippen LogP contribution in [-0.4, -0.2) is 151 Å². The average Bonchev–Trinajstić information content (AvgIpc) is 2.94. The van der Waals surface area contributed by atoms with Crippen LogP contribution in [0, 0.1) is 0 Å². The lowest BCUT2D eigenvalue weighted by Crippen LogP contribution is -2.53. The van der Waals surface area contributed by atoms with Gasteiger partial charge in [0.05, 0.1) is 0 Å². The lowest BCUT2D eigenvalue weighted by atomic mass is 15.8. The van der Waals surface area contributed by atoms with Crippen molar-refractivity contribution in [3.05, 3.63) is 0 Å². The minimum atomic E-state index is -4.35. The lowest BCUT2D eigenvalue weighted by molar-refractivity contribution is 0.430. The van der Waals surface area contributed by atoms with Gasteiger partial charge in [-0.05, 0) is 0 Å². The summed E-state index contributed by atoms with van der Waals surface area (Å²) in [4.78, 5) is 0. The predicted molar refractivity (Wildman–Crippen MR) is 123 cm³/mol. The predicted octanol–water partition coefficient (Wildman–Crippen LogP) is -9.56. The molecule has 0 aliphatic rings. The Labute approximate surface area is 237 Å². The number of rotatable bonds is 19. The fourth-order valence-corrected chi connectivity index (χ4v) is 160. The van der Waals surface area contributed by atoms with Gasteiger partial charge < -0.3 is 88.9 Å². The zero-order valence-corrected chi connectivity index (χ0v) is 36.7. The molecule has 0 fully saturated rings. The van der Waals surface area contributed by atoms with Crippen LogP contribution in [0.15, 0.2) is 0 Å². The molecular weight excluding hydrogens is 854 g/mol. The van der Waals surface area contributed by atoms with Crippen LogP contribution in [-0.2, 0) is 88.9 Å². The van der Waals surface area contributed by atoms with Crippen LogP contribution in [0.4, 0.5) is 0 Å². The maximum Gasteiger partial charge on any atom is 0.539 e. The molecular formula is O20Si19. The van der Waals surface area contributed by atoms with E-state index in [1.54, 1.807) is 0 Å². The van der Waals surface area contributed by atoms with Gasteiger partial charge in [0.2, 0.25) is 0 Å². The Bertz CT molecular complexity index is 1440. The first-order valence-corrected chi connectivity index (χ1v) is 51.1. The minimum absolute atomic E-state index is 1.67. The molecule has 0 rings (SSSR count). The van der Waals surface area contributed by atoms with Crippen molar-refractivity contribution in [2.75, 3.05) is 0 Å². The third-order valence-electron chi connectivity index (χ3n) is 3.42. The molecule has 0 spiro atoms. The Morgan fingerprint density at radius 2 is 0.462 bits per heavy atom. The van der Waals surface area contributed by atoms with Crippen molar-refractivity contribution < 1.29 is 88.9 Å². The second-order valence-corrected chi connectivity index (χ2v) is 85.1. The highest BCUT2D eigenvalue weighted by Crippen LogP contribution is 1.88. The van der Waals surface area contributed by atoms with Gasteiger partial charge in [-0.3, -0.25) is 0 Å². The van der Waals surface area contributed by atoms with Crippen molar-refractivity contribution >= 4 is 151 Å². The summed E-state index contributed by atoms with van der Waals surface area (Å²) < 4.78 is 227. The molecule has 0 aromatic carbocycles. The van der Waals surface area contributed by atoms with Crippen LogP contribution in [0.25, 0.3) is 0 Å². The second kappa shape index (κ2) is 17.9. The molecule has 20 nitrogen and oxygen atoms in total. The summed E-state index contributed by atoms with van der Waals surface area (Å²) in [6, 6.07) is 0. The van der Waals surface area contributed by atoms with E-state index in [9.17, 15) is 84.8 Å². The van der Waals surface area contributed by atoms with Gasteiger partial charge in [0.15, 0.2) is 0 Å². The average molecular weight is 854 g/mol. The third-order valence-corrected chi connectivity index (χ3v) is 121. The molecule has 0 aromatic heterocycles. The first kappa shape index (κ1) is 39.1. The molecule has 0 unspecified atom stereocenters. The van der Waals surface area contributed by atoms with Crippen molar-refractivity contribution in [3.8, 4) is 0 Å². The van der Waals surface area contributed by atoms with Crippen LogP contribution >= 0.6 is 0 Å². The molecule has 196 valence electrons. The molecule has 0 aromatic rings. The van der Waals surface area contributed by atoms with E-state index in [-0.39, 0.29) is 0 Å². The van der Waals surface area contributed by atoms with Gasteiger partial charge >= 0.3 is 151 Å². The molecule has 0 atom stereocenters. The molecule has 0 saturated carbocycles. The normalized spacial score (nSPS) is 9.44. The molecule has 0 N–H and O–H groups in total. The van der Waals surface area contributed by atoms with Gasteiger partial charge in [-0.25, -0.2) is 0 Å². The molecule has 0 amide bonds. The largest absolute Gasteiger partial charge is 0.539 e. The summed E-state index contributed by atoms with van der Waals surface area (Å²) in [6.45, 7) is 0. The zero-order chi connectivity index (χ0) is 30.9. The van der Waals surface area contributed by atoms with Crippen LogP contribution in [0.2, 0.25) is 0 Å². The Balaban J connectivity index is 5.47. The van der Waals surface area contributed by atoms with E-state index < -0.39 is 151 Å². The SMILES string of the molecule is O=[Si][Si](=O)[Si](=O)[Si](=O)[Si](=O)[Si](=O)[Si](=O)[Si](=O)[Si](=O)O[Si](=O)[Si](=O)[Si](=O)[Si](=O)[Si](=O)[Si](=O)[Si](=O)[Si](=O)[Si](=O)[Si]=O. The van der Waals surface area contributed by atoms with Crippen molar-refractivity contribution in [2.45, 2.75) is 0 Å². The van der Waals surface area contributed by atoms with Crippen molar-refractivity contribution in [1.29, 1.82) is 0 Å². The summed E-state index contributed by atoms with van der Waals surface area (Å²) in [7, 11) is -72.1. The highest BCUT2D eigenvalue weighted by Gasteiger charge is 2.53. The molecule has 39 heavy (non-hydrogen) atoms. The van der Waals surface area contributed by atoms with Crippen molar-refractivity contribution in [3.63, 3.8) is 0 Å². The fraction of sp³-hybridized carbons (Fsp3) is 0. The first-order valence-electron chi connectivity index (χ1n) is 8.54. The molecule has 2 radical (unpaired) electrons. The highest BCUT2D eigenvalue weighted by molar-refractivity contribution is 7.76. The van der Waals surface area contributed by atoms with Crippen LogP contribution in [0.5, 0.6) is 0 Å². The third kappa shape index (κ3) is 10.7. The number of hydrogen-bond acceptors (Lipinski definition) is 20. The Kier molecular flexibility index (Phi) is 18.0. The smallest absolute Gasteiger partial charge is 0.522 e. The Hall–Kier alpha value is 0.121. The van der Waals surface area contributed by atoms with Crippen molar-refractivity contribution in [2.24, 2.45) is 0 Å². The van der Waals surface area contributed by atoms with Gasteiger partial charge in [0.25, 0.3) is 0 Å². The molecule has 0 aliphatic heterocycles. The van der Waals surface area contributed by atoms with E-state index in [1.165, 1.54) is 0 Å². The van der Waals surface area contributed by atoms with Crippen LogP contribution < -0.4 is 0 Å². The van der Waals surface area contributed by atoms with Gasteiger partial charge in [0, 0.05) is 0 Å². The fourth-order valence-electron chi connectivity index (χ4n) is 1.59. The summed E-state index contributed by atoms with van der Waals surface area (Å²) in [5, 5.41) is 0. The van der Waals surface area contributed by atoms with Crippen LogP contribution in [0.3, 0.4) is 0 Å². The molecule has 0 saturated heterocycles. The van der Waals surface area contributed by atoms with E-state index in [4.69, 9.17) is 0 Å². The van der Waals surface area contributed by atoms with E-state index in [0.29, 0.717) is 0 Å². The van der Waals surface area contributed by atoms with E-state index >= 15 is 0 Å².